The molecule has 5 nitrogen and oxygen atoms in total. The van der Waals surface area contributed by atoms with E-state index in [1.54, 1.807) is 6.33 Å². The molecule has 0 unspecified atom stereocenters. The Labute approximate surface area is 170 Å². The van der Waals surface area contributed by atoms with Gasteiger partial charge in [0.05, 0.1) is 17.4 Å². The minimum Gasteiger partial charge on any atom is -0.345 e. The number of benzene rings is 2. The minimum atomic E-state index is -0.189. The second kappa shape index (κ2) is 8.74. The normalized spacial score (nSPS) is 17.5. The molecule has 0 aliphatic carbocycles. The highest BCUT2D eigenvalue weighted by atomic mass is 19.1. The van der Waals surface area contributed by atoms with Crippen LogP contribution in [0.1, 0.15) is 28.8 Å². The summed E-state index contributed by atoms with van der Waals surface area (Å²) in [5.41, 5.74) is 3.60. The van der Waals surface area contributed by atoms with Crippen LogP contribution in [0.2, 0.25) is 0 Å². The number of carbonyl (C=O) groups excluding carboxylic acids is 1. The van der Waals surface area contributed by atoms with Gasteiger partial charge in [-0.25, -0.2) is 9.37 Å². The van der Waals surface area contributed by atoms with E-state index in [2.05, 4.69) is 14.9 Å². The van der Waals surface area contributed by atoms with Crippen molar-refractivity contribution >= 4 is 16.9 Å². The number of halogens is 1. The SMILES string of the molecule is CN(C[C@@H]1CCCN(CCc2ccc(F)cc2)C1)C(=O)c1ccc2nc[nH]c2c1. The Morgan fingerprint density at radius 3 is 2.93 bits per heavy atom. The number of imidazole rings is 1. The van der Waals surface area contributed by atoms with Crippen molar-refractivity contribution in [1.29, 1.82) is 0 Å². The first kappa shape index (κ1) is 19.6. The van der Waals surface area contributed by atoms with Gasteiger partial charge in [0.1, 0.15) is 5.82 Å². The van der Waals surface area contributed by atoms with Gasteiger partial charge < -0.3 is 14.8 Å². The molecule has 3 aromatic rings. The van der Waals surface area contributed by atoms with E-state index >= 15 is 0 Å². The Balaban J connectivity index is 1.30. The monoisotopic (exact) mass is 394 g/mol. The fraction of sp³-hybridized carbons (Fsp3) is 0.391. The second-order valence-corrected chi connectivity index (χ2v) is 8.01. The third-order valence-corrected chi connectivity index (χ3v) is 5.78. The molecule has 6 heteroatoms. The largest absolute Gasteiger partial charge is 0.345 e. The van der Waals surface area contributed by atoms with E-state index in [-0.39, 0.29) is 11.7 Å². The van der Waals surface area contributed by atoms with Crippen LogP contribution in [0.15, 0.2) is 48.8 Å². The lowest BCUT2D eigenvalue weighted by molar-refractivity contribution is 0.0730. The topological polar surface area (TPSA) is 52.2 Å². The van der Waals surface area contributed by atoms with Gasteiger partial charge in [-0.15, -0.1) is 0 Å². The summed E-state index contributed by atoms with van der Waals surface area (Å²) in [5.74, 6) is 0.331. The van der Waals surface area contributed by atoms with Gasteiger partial charge in [-0.2, -0.15) is 0 Å². The van der Waals surface area contributed by atoms with Gasteiger partial charge in [-0.3, -0.25) is 4.79 Å². The van der Waals surface area contributed by atoms with Gasteiger partial charge in [0.15, 0.2) is 0 Å². The van der Waals surface area contributed by atoms with Crippen LogP contribution in [0.3, 0.4) is 0 Å². The van der Waals surface area contributed by atoms with Crippen molar-refractivity contribution in [3.63, 3.8) is 0 Å². The van der Waals surface area contributed by atoms with E-state index in [9.17, 15) is 9.18 Å². The van der Waals surface area contributed by atoms with Crippen molar-refractivity contribution in [2.45, 2.75) is 19.3 Å². The molecule has 29 heavy (non-hydrogen) atoms. The summed E-state index contributed by atoms with van der Waals surface area (Å²) in [4.78, 5) is 24.4. The second-order valence-electron chi connectivity index (χ2n) is 8.01. The fourth-order valence-corrected chi connectivity index (χ4v) is 4.20. The third kappa shape index (κ3) is 4.82. The number of likely N-dealkylation sites (tertiary alicyclic amines) is 1. The minimum absolute atomic E-state index is 0.0462. The molecule has 1 fully saturated rings. The Bertz CT molecular complexity index is 968. The zero-order chi connectivity index (χ0) is 20.2. The van der Waals surface area contributed by atoms with Crippen molar-refractivity contribution in [1.82, 2.24) is 19.8 Å². The van der Waals surface area contributed by atoms with Crippen molar-refractivity contribution in [2.24, 2.45) is 5.92 Å². The summed E-state index contributed by atoms with van der Waals surface area (Å²) >= 11 is 0. The Kier molecular flexibility index (Phi) is 5.90. The number of nitrogens with one attached hydrogen (secondary N) is 1. The van der Waals surface area contributed by atoms with Crippen molar-refractivity contribution in [3.8, 4) is 0 Å². The van der Waals surface area contributed by atoms with Crippen LogP contribution >= 0.6 is 0 Å². The number of H-pyrrole nitrogens is 1. The molecule has 2 heterocycles. The maximum absolute atomic E-state index is 13.1. The summed E-state index contributed by atoms with van der Waals surface area (Å²) in [7, 11) is 1.89. The van der Waals surface area contributed by atoms with Gasteiger partial charge in [-0.1, -0.05) is 12.1 Å². The number of nitrogens with zero attached hydrogens (tertiary/aromatic N) is 3. The Morgan fingerprint density at radius 1 is 1.28 bits per heavy atom. The van der Waals surface area contributed by atoms with Gasteiger partial charge >= 0.3 is 0 Å². The molecular formula is C23H27FN4O. The first-order valence-corrected chi connectivity index (χ1v) is 10.2. The lowest BCUT2D eigenvalue weighted by Gasteiger charge is -2.34. The molecule has 1 aliphatic heterocycles. The maximum Gasteiger partial charge on any atom is 0.253 e. The van der Waals surface area contributed by atoms with Crippen LogP contribution in [0, 0.1) is 11.7 Å². The Hall–Kier alpha value is -2.73. The summed E-state index contributed by atoms with van der Waals surface area (Å²) in [6, 6.07) is 12.4. The highest BCUT2D eigenvalue weighted by Gasteiger charge is 2.23. The number of piperidine rings is 1. The molecule has 4 rings (SSSR count). The summed E-state index contributed by atoms with van der Waals surface area (Å²) in [6.45, 7) is 3.81. The molecule has 0 bridgehead atoms. The standard InChI is InChI=1S/C23H27FN4O/c1-27(23(29)19-6-9-21-22(13-19)26-16-25-21)14-18-3-2-11-28(15-18)12-10-17-4-7-20(24)8-5-17/h4-9,13,16,18H,2-3,10-12,14-15H2,1H3,(H,25,26)/t18-/m0/s1. The summed E-state index contributed by atoms with van der Waals surface area (Å²) < 4.78 is 13.1. The van der Waals surface area contributed by atoms with Gasteiger partial charge in [0, 0.05) is 32.2 Å². The number of hydrogen-bond acceptors (Lipinski definition) is 3. The van der Waals surface area contributed by atoms with Crippen LogP contribution < -0.4 is 0 Å². The van der Waals surface area contributed by atoms with Crippen molar-refractivity contribution in [3.05, 3.63) is 65.7 Å². The smallest absolute Gasteiger partial charge is 0.253 e. The lowest BCUT2D eigenvalue weighted by atomic mass is 9.96. The van der Waals surface area contributed by atoms with Crippen LogP contribution in [0.5, 0.6) is 0 Å². The van der Waals surface area contributed by atoms with E-state index in [0.29, 0.717) is 11.5 Å². The Morgan fingerprint density at radius 2 is 2.10 bits per heavy atom. The number of aromatic amines is 1. The molecule has 1 aliphatic rings. The van der Waals surface area contributed by atoms with Crippen LogP contribution in [-0.2, 0) is 6.42 Å². The molecule has 152 valence electrons. The number of fused-ring (bicyclic) bond motifs is 1. The first-order chi connectivity index (χ1) is 14.1. The van der Waals surface area contributed by atoms with Gasteiger partial charge in [0.25, 0.3) is 5.91 Å². The highest BCUT2D eigenvalue weighted by Crippen LogP contribution is 2.20. The van der Waals surface area contributed by atoms with E-state index in [4.69, 9.17) is 0 Å². The average Bonchev–Trinajstić information content (AvgIpc) is 3.21. The summed E-state index contributed by atoms with van der Waals surface area (Å²) in [6.07, 6.45) is 4.86. The number of rotatable bonds is 6. The molecule has 0 spiro atoms. The average molecular weight is 394 g/mol. The predicted molar refractivity (Wildman–Crippen MR) is 112 cm³/mol. The van der Waals surface area contributed by atoms with Crippen LogP contribution in [-0.4, -0.2) is 58.9 Å². The molecule has 0 saturated carbocycles. The van der Waals surface area contributed by atoms with Crippen LogP contribution in [0.25, 0.3) is 11.0 Å². The van der Waals surface area contributed by atoms with E-state index < -0.39 is 0 Å². The van der Waals surface area contributed by atoms with Crippen molar-refractivity contribution < 1.29 is 9.18 Å². The number of carbonyl (C=O) groups is 1. The van der Waals surface area contributed by atoms with Crippen LogP contribution in [0.4, 0.5) is 4.39 Å². The van der Waals surface area contributed by atoms with Crippen molar-refractivity contribution in [2.75, 3.05) is 33.2 Å². The number of hydrogen-bond donors (Lipinski definition) is 1. The van der Waals surface area contributed by atoms with Gasteiger partial charge in [0.2, 0.25) is 0 Å². The molecule has 1 amide bonds. The number of amides is 1. The van der Waals surface area contributed by atoms with E-state index in [0.717, 1.165) is 62.0 Å². The molecule has 0 radical (unpaired) electrons. The number of aromatic nitrogens is 2. The zero-order valence-corrected chi connectivity index (χ0v) is 16.8. The molecule has 1 saturated heterocycles. The highest BCUT2D eigenvalue weighted by molar-refractivity contribution is 5.97. The molecule has 2 aromatic carbocycles. The quantitative estimate of drug-likeness (QED) is 0.693. The zero-order valence-electron chi connectivity index (χ0n) is 16.8. The van der Waals surface area contributed by atoms with E-state index in [1.165, 1.54) is 12.1 Å². The first-order valence-electron chi connectivity index (χ1n) is 10.2. The molecule has 1 aromatic heterocycles. The van der Waals surface area contributed by atoms with E-state index in [1.807, 2.05) is 42.3 Å². The van der Waals surface area contributed by atoms with Gasteiger partial charge in [-0.05, 0) is 67.6 Å². The lowest BCUT2D eigenvalue weighted by Crippen LogP contribution is -2.42. The molecular weight excluding hydrogens is 367 g/mol. The molecule has 1 N–H and O–H groups in total. The maximum atomic E-state index is 13.1. The molecule has 1 atom stereocenters. The third-order valence-electron chi connectivity index (χ3n) is 5.78. The summed E-state index contributed by atoms with van der Waals surface area (Å²) in [5, 5.41) is 0. The predicted octanol–water partition coefficient (Wildman–Crippen LogP) is 3.73. The fourth-order valence-electron chi connectivity index (χ4n) is 4.20.